The topological polar surface area (TPSA) is 29.5 Å². The molecule has 68 valence electrons. The molecule has 12 heavy (non-hydrogen) atoms. The predicted molar refractivity (Wildman–Crippen MR) is 48.7 cm³/mol. The lowest BCUT2D eigenvalue weighted by molar-refractivity contribution is -0.247. The lowest BCUT2D eigenvalue weighted by Crippen LogP contribution is -2.08. The number of rotatable bonds is 3. The molecule has 0 aliphatic heterocycles. The van der Waals surface area contributed by atoms with Gasteiger partial charge in [-0.1, -0.05) is 32.1 Å². The van der Waals surface area contributed by atoms with Crippen molar-refractivity contribution in [3.8, 4) is 0 Å². The normalized spacial score (nSPS) is 25.2. The zero-order valence-electron chi connectivity index (χ0n) is 7.66. The first kappa shape index (κ1) is 9.49. The maximum Gasteiger partial charge on any atom is 0.0885 e. The summed E-state index contributed by atoms with van der Waals surface area (Å²) in [5.41, 5.74) is 1.27. The van der Waals surface area contributed by atoms with Crippen LogP contribution in [0.1, 0.15) is 20.3 Å². The fourth-order valence-electron chi connectivity index (χ4n) is 1.32. The van der Waals surface area contributed by atoms with Crippen molar-refractivity contribution in [1.29, 1.82) is 0 Å². The van der Waals surface area contributed by atoms with Crippen LogP contribution in [0.25, 0.3) is 0 Å². The fourth-order valence-corrected chi connectivity index (χ4v) is 1.32. The van der Waals surface area contributed by atoms with Gasteiger partial charge in [0.25, 0.3) is 0 Å². The Hall–Kier alpha value is -0.600. The van der Waals surface area contributed by atoms with Crippen LogP contribution < -0.4 is 0 Å². The molecule has 0 amide bonds. The first-order valence-corrected chi connectivity index (χ1v) is 4.38. The first-order chi connectivity index (χ1) is 5.74. The van der Waals surface area contributed by atoms with E-state index in [4.69, 9.17) is 5.26 Å². The molecule has 1 N–H and O–H groups in total. The summed E-state index contributed by atoms with van der Waals surface area (Å²) in [6.45, 7) is 4.62. The summed E-state index contributed by atoms with van der Waals surface area (Å²) < 4.78 is 0. The quantitative estimate of drug-likeness (QED) is 0.518. The molecule has 0 aromatic carbocycles. The molecule has 0 heterocycles. The van der Waals surface area contributed by atoms with Crippen LogP contribution in [-0.2, 0) is 4.89 Å². The summed E-state index contributed by atoms with van der Waals surface area (Å²) >= 11 is 0. The molecule has 2 atom stereocenters. The van der Waals surface area contributed by atoms with Crippen molar-refractivity contribution >= 4 is 0 Å². The van der Waals surface area contributed by atoms with Gasteiger partial charge in [-0.25, -0.2) is 4.89 Å². The van der Waals surface area contributed by atoms with Crippen LogP contribution in [0.3, 0.4) is 0 Å². The van der Waals surface area contributed by atoms with Gasteiger partial charge in [-0.3, -0.25) is 5.26 Å². The molecule has 0 saturated heterocycles. The molecule has 2 nitrogen and oxygen atoms in total. The summed E-state index contributed by atoms with van der Waals surface area (Å²) in [4.78, 5) is 4.11. The number of allylic oxidation sites excluding steroid dienone is 3. The van der Waals surface area contributed by atoms with Gasteiger partial charge < -0.3 is 0 Å². The van der Waals surface area contributed by atoms with E-state index in [0.29, 0.717) is 18.4 Å². The SMILES string of the molecule is CC1C=CC(C(C)COO)=CC1. The van der Waals surface area contributed by atoms with Crippen molar-refractivity contribution in [3.63, 3.8) is 0 Å². The fraction of sp³-hybridized carbons (Fsp3) is 0.600. The van der Waals surface area contributed by atoms with Crippen LogP contribution in [0.15, 0.2) is 23.8 Å². The van der Waals surface area contributed by atoms with Crippen LogP contribution >= 0.6 is 0 Å². The standard InChI is InChI=1S/C10H16O2/c1-8-3-5-10(6-4-8)9(2)7-12-11/h3,5-6,8-9,11H,4,7H2,1-2H3. The van der Waals surface area contributed by atoms with Crippen molar-refractivity contribution in [2.75, 3.05) is 6.61 Å². The van der Waals surface area contributed by atoms with Gasteiger partial charge in [-0.2, -0.15) is 0 Å². The van der Waals surface area contributed by atoms with E-state index in [9.17, 15) is 0 Å². The Labute approximate surface area is 73.5 Å². The van der Waals surface area contributed by atoms with E-state index in [1.165, 1.54) is 5.57 Å². The van der Waals surface area contributed by atoms with Gasteiger partial charge >= 0.3 is 0 Å². The highest BCUT2D eigenvalue weighted by atomic mass is 17.1. The Bertz CT molecular complexity index is 194. The predicted octanol–water partition coefficient (Wildman–Crippen LogP) is 2.63. The van der Waals surface area contributed by atoms with E-state index in [0.717, 1.165) is 6.42 Å². The summed E-state index contributed by atoms with van der Waals surface area (Å²) in [6.07, 6.45) is 7.64. The van der Waals surface area contributed by atoms with Gasteiger partial charge in [0, 0.05) is 5.92 Å². The summed E-state index contributed by atoms with van der Waals surface area (Å²) in [7, 11) is 0. The van der Waals surface area contributed by atoms with Crippen LogP contribution in [0.2, 0.25) is 0 Å². The largest absolute Gasteiger partial charge is 0.252 e. The third-order valence-corrected chi connectivity index (χ3v) is 2.24. The number of hydrogen-bond donors (Lipinski definition) is 1. The van der Waals surface area contributed by atoms with E-state index in [2.05, 4.69) is 30.0 Å². The van der Waals surface area contributed by atoms with E-state index in [1.807, 2.05) is 6.92 Å². The highest BCUT2D eigenvalue weighted by Crippen LogP contribution is 2.21. The smallest absolute Gasteiger partial charge is 0.0885 e. The Morgan fingerprint density at radius 3 is 3.00 bits per heavy atom. The Balaban J connectivity index is 2.48. The van der Waals surface area contributed by atoms with Crippen molar-refractivity contribution in [2.45, 2.75) is 20.3 Å². The third kappa shape index (κ3) is 2.47. The summed E-state index contributed by atoms with van der Waals surface area (Å²) in [5, 5.41) is 8.27. The first-order valence-electron chi connectivity index (χ1n) is 4.38. The summed E-state index contributed by atoms with van der Waals surface area (Å²) in [6, 6.07) is 0. The van der Waals surface area contributed by atoms with Gasteiger partial charge in [0.2, 0.25) is 0 Å². The Kier molecular flexibility index (Phi) is 3.50. The molecule has 0 saturated carbocycles. The highest BCUT2D eigenvalue weighted by molar-refractivity contribution is 5.25. The van der Waals surface area contributed by atoms with Crippen LogP contribution in [0.5, 0.6) is 0 Å². The van der Waals surface area contributed by atoms with E-state index in [-0.39, 0.29) is 0 Å². The molecule has 1 rings (SSSR count). The minimum absolute atomic E-state index is 0.291. The molecular weight excluding hydrogens is 152 g/mol. The second kappa shape index (κ2) is 4.43. The Morgan fingerprint density at radius 2 is 2.50 bits per heavy atom. The van der Waals surface area contributed by atoms with Crippen LogP contribution in [-0.4, -0.2) is 11.9 Å². The van der Waals surface area contributed by atoms with E-state index >= 15 is 0 Å². The molecule has 0 aromatic rings. The van der Waals surface area contributed by atoms with Crippen molar-refractivity contribution in [2.24, 2.45) is 11.8 Å². The zero-order valence-corrected chi connectivity index (χ0v) is 7.66. The second-order valence-corrected chi connectivity index (χ2v) is 3.47. The van der Waals surface area contributed by atoms with Gasteiger partial charge in [0.15, 0.2) is 0 Å². The zero-order chi connectivity index (χ0) is 8.97. The molecule has 0 aromatic heterocycles. The molecule has 0 bridgehead atoms. The Morgan fingerprint density at radius 1 is 1.75 bits per heavy atom. The number of hydrogen-bond acceptors (Lipinski definition) is 2. The molecule has 2 unspecified atom stereocenters. The lowest BCUT2D eigenvalue weighted by atomic mass is 9.92. The third-order valence-electron chi connectivity index (χ3n) is 2.24. The molecule has 0 spiro atoms. The maximum absolute atomic E-state index is 8.27. The molecule has 1 aliphatic carbocycles. The van der Waals surface area contributed by atoms with Crippen molar-refractivity contribution < 1.29 is 10.1 Å². The lowest BCUT2D eigenvalue weighted by Gasteiger charge is -2.16. The van der Waals surface area contributed by atoms with E-state index in [1.54, 1.807) is 0 Å². The minimum Gasteiger partial charge on any atom is -0.252 e. The van der Waals surface area contributed by atoms with Crippen LogP contribution in [0, 0.1) is 11.8 Å². The molecule has 1 aliphatic rings. The van der Waals surface area contributed by atoms with Crippen molar-refractivity contribution in [1.82, 2.24) is 0 Å². The maximum atomic E-state index is 8.27. The minimum atomic E-state index is 0.291. The molecule has 0 radical (unpaired) electrons. The highest BCUT2D eigenvalue weighted by Gasteiger charge is 2.10. The molecule has 2 heteroatoms. The summed E-state index contributed by atoms with van der Waals surface area (Å²) in [5.74, 6) is 0.940. The van der Waals surface area contributed by atoms with Gasteiger partial charge in [0.1, 0.15) is 0 Å². The van der Waals surface area contributed by atoms with Crippen LogP contribution in [0.4, 0.5) is 0 Å². The second-order valence-electron chi connectivity index (χ2n) is 3.47. The average molecular weight is 168 g/mol. The average Bonchev–Trinajstić information content (AvgIpc) is 2.06. The monoisotopic (exact) mass is 168 g/mol. The van der Waals surface area contributed by atoms with E-state index < -0.39 is 0 Å². The van der Waals surface area contributed by atoms with Gasteiger partial charge in [-0.15, -0.1) is 0 Å². The molecule has 0 fully saturated rings. The van der Waals surface area contributed by atoms with Crippen molar-refractivity contribution in [3.05, 3.63) is 23.8 Å². The van der Waals surface area contributed by atoms with Gasteiger partial charge in [-0.05, 0) is 17.9 Å². The van der Waals surface area contributed by atoms with Gasteiger partial charge in [0.05, 0.1) is 6.61 Å². The molecular formula is C10H16O2.